The van der Waals surface area contributed by atoms with Crippen LogP contribution in [-0.4, -0.2) is 41.7 Å². The topological polar surface area (TPSA) is 92.8 Å². The van der Waals surface area contributed by atoms with E-state index in [-0.39, 0.29) is 49.1 Å². The standard InChI is InChI=1S/C19H24N2O5S/c1-3-26-19(25)16-11(2)10-15(27-16)20-14(22)8-9-21-17(23)12-6-4-5-7-13(12)18(21)24/h10,12-13H,3-9H2,1-2H3,(H,20,22)/t12-,13+. The van der Waals surface area contributed by atoms with Gasteiger partial charge in [-0.2, -0.15) is 0 Å². The van der Waals surface area contributed by atoms with Gasteiger partial charge in [0.1, 0.15) is 4.88 Å². The molecular weight excluding hydrogens is 368 g/mol. The van der Waals surface area contributed by atoms with Gasteiger partial charge in [-0.25, -0.2) is 4.79 Å². The summed E-state index contributed by atoms with van der Waals surface area (Å²) in [6.07, 6.45) is 3.54. The van der Waals surface area contributed by atoms with Gasteiger partial charge in [-0.15, -0.1) is 11.3 Å². The van der Waals surface area contributed by atoms with Gasteiger partial charge in [0, 0.05) is 13.0 Å². The van der Waals surface area contributed by atoms with Crippen LogP contribution in [0.4, 0.5) is 5.00 Å². The summed E-state index contributed by atoms with van der Waals surface area (Å²) in [5, 5.41) is 3.29. The maximum atomic E-state index is 12.4. The maximum Gasteiger partial charge on any atom is 0.348 e. The fourth-order valence-electron chi connectivity index (χ4n) is 3.81. The summed E-state index contributed by atoms with van der Waals surface area (Å²) in [7, 11) is 0. The molecule has 2 fully saturated rings. The number of carbonyl (C=O) groups is 4. The molecule has 146 valence electrons. The zero-order chi connectivity index (χ0) is 19.6. The molecule has 1 aromatic heterocycles. The van der Waals surface area contributed by atoms with Gasteiger partial charge in [0.05, 0.1) is 23.4 Å². The van der Waals surface area contributed by atoms with Crippen molar-refractivity contribution in [2.24, 2.45) is 11.8 Å². The van der Waals surface area contributed by atoms with E-state index in [4.69, 9.17) is 4.74 Å². The number of fused-ring (bicyclic) bond motifs is 1. The van der Waals surface area contributed by atoms with E-state index in [9.17, 15) is 19.2 Å². The lowest BCUT2D eigenvalue weighted by molar-refractivity contribution is -0.140. The number of hydrogen-bond acceptors (Lipinski definition) is 6. The highest BCUT2D eigenvalue weighted by Gasteiger charge is 2.47. The van der Waals surface area contributed by atoms with Gasteiger partial charge in [-0.3, -0.25) is 19.3 Å². The second-order valence-corrected chi connectivity index (χ2v) is 8.02. The zero-order valence-corrected chi connectivity index (χ0v) is 16.4. The Labute approximate surface area is 162 Å². The quantitative estimate of drug-likeness (QED) is 0.594. The summed E-state index contributed by atoms with van der Waals surface area (Å²) >= 11 is 1.16. The Balaban J connectivity index is 1.56. The Bertz CT molecular complexity index is 748. The second kappa shape index (κ2) is 8.21. The van der Waals surface area contributed by atoms with Crippen molar-refractivity contribution in [3.05, 3.63) is 16.5 Å². The smallest absolute Gasteiger partial charge is 0.348 e. The van der Waals surface area contributed by atoms with E-state index in [1.165, 1.54) is 4.90 Å². The molecule has 1 aromatic rings. The number of amides is 3. The predicted molar refractivity (Wildman–Crippen MR) is 100 cm³/mol. The molecule has 1 aliphatic heterocycles. The fourth-order valence-corrected chi connectivity index (χ4v) is 4.79. The average Bonchev–Trinajstić information content (AvgIpc) is 3.12. The van der Waals surface area contributed by atoms with E-state index in [2.05, 4.69) is 5.32 Å². The summed E-state index contributed by atoms with van der Waals surface area (Å²) < 4.78 is 4.99. The zero-order valence-electron chi connectivity index (χ0n) is 15.6. The van der Waals surface area contributed by atoms with Crippen LogP contribution in [0, 0.1) is 18.8 Å². The Hall–Kier alpha value is -2.22. The molecule has 1 N–H and O–H groups in total. The van der Waals surface area contributed by atoms with Crippen molar-refractivity contribution in [1.82, 2.24) is 4.90 Å². The SMILES string of the molecule is CCOC(=O)c1sc(NC(=O)CCN2C(=O)[C@H]3CCCC[C@H]3C2=O)cc1C. The van der Waals surface area contributed by atoms with E-state index in [0.29, 0.717) is 9.88 Å². The second-order valence-electron chi connectivity index (χ2n) is 6.97. The molecule has 3 amide bonds. The van der Waals surface area contributed by atoms with Crippen LogP contribution in [0.25, 0.3) is 0 Å². The minimum atomic E-state index is -0.406. The van der Waals surface area contributed by atoms with E-state index in [1.54, 1.807) is 19.9 Å². The summed E-state index contributed by atoms with van der Waals surface area (Å²) in [6, 6.07) is 1.72. The molecule has 1 saturated carbocycles. The molecule has 2 atom stereocenters. The number of likely N-dealkylation sites (tertiary alicyclic amines) is 1. The number of thiophene rings is 1. The summed E-state index contributed by atoms with van der Waals surface area (Å²) in [4.78, 5) is 50.7. The van der Waals surface area contributed by atoms with Crippen molar-refractivity contribution in [3.63, 3.8) is 0 Å². The van der Waals surface area contributed by atoms with Crippen LogP contribution in [0.3, 0.4) is 0 Å². The molecule has 0 radical (unpaired) electrons. The van der Waals surface area contributed by atoms with E-state index >= 15 is 0 Å². The van der Waals surface area contributed by atoms with Crippen molar-refractivity contribution in [3.8, 4) is 0 Å². The van der Waals surface area contributed by atoms with E-state index in [1.807, 2.05) is 0 Å². The van der Waals surface area contributed by atoms with Crippen molar-refractivity contribution in [2.75, 3.05) is 18.5 Å². The van der Waals surface area contributed by atoms with Crippen LogP contribution in [0.5, 0.6) is 0 Å². The van der Waals surface area contributed by atoms with Crippen LogP contribution >= 0.6 is 11.3 Å². The summed E-state index contributed by atoms with van der Waals surface area (Å²) in [5.41, 5.74) is 0.739. The van der Waals surface area contributed by atoms with Crippen molar-refractivity contribution < 1.29 is 23.9 Å². The third-order valence-electron chi connectivity index (χ3n) is 5.14. The summed E-state index contributed by atoms with van der Waals surface area (Å²) in [5.74, 6) is -1.34. The van der Waals surface area contributed by atoms with Crippen LogP contribution in [0.15, 0.2) is 6.07 Å². The molecule has 1 aliphatic carbocycles. The van der Waals surface area contributed by atoms with Gasteiger partial charge in [0.2, 0.25) is 17.7 Å². The molecule has 2 aliphatic rings. The molecule has 3 rings (SSSR count). The molecule has 0 spiro atoms. The van der Waals surface area contributed by atoms with Crippen molar-refractivity contribution >= 4 is 40.0 Å². The number of ether oxygens (including phenoxy) is 1. The highest BCUT2D eigenvalue weighted by atomic mass is 32.1. The van der Waals surface area contributed by atoms with Crippen molar-refractivity contribution in [2.45, 2.75) is 46.0 Å². The lowest BCUT2D eigenvalue weighted by atomic mass is 9.81. The lowest BCUT2D eigenvalue weighted by Gasteiger charge is -2.19. The number of nitrogens with one attached hydrogen (secondary N) is 1. The number of aryl methyl sites for hydroxylation is 1. The van der Waals surface area contributed by atoms with Crippen LogP contribution in [0.1, 0.15) is 54.3 Å². The average molecular weight is 392 g/mol. The first-order chi connectivity index (χ1) is 12.9. The normalized spacial score (nSPS) is 21.9. The Kier molecular flexibility index (Phi) is 5.94. The molecule has 8 heteroatoms. The first kappa shape index (κ1) is 19.5. The van der Waals surface area contributed by atoms with Gasteiger partial charge < -0.3 is 10.1 Å². The van der Waals surface area contributed by atoms with Crippen molar-refractivity contribution in [1.29, 1.82) is 0 Å². The number of hydrogen-bond donors (Lipinski definition) is 1. The predicted octanol–water partition coefficient (Wildman–Crippen LogP) is 2.74. The first-order valence-corrected chi connectivity index (χ1v) is 10.2. The van der Waals surface area contributed by atoms with E-state index in [0.717, 1.165) is 42.6 Å². The van der Waals surface area contributed by atoms with Gasteiger partial charge in [-0.05, 0) is 38.3 Å². The van der Waals surface area contributed by atoms with Crippen LogP contribution < -0.4 is 5.32 Å². The van der Waals surface area contributed by atoms with Gasteiger partial charge in [0.25, 0.3) is 0 Å². The highest BCUT2D eigenvalue weighted by molar-refractivity contribution is 7.18. The minimum absolute atomic E-state index is 0.0443. The number of nitrogens with zero attached hydrogens (tertiary/aromatic N) is 1. The molecular formula is C19H24N2O5S. The Morgan fingerprint density at radius 2 is 1.85 bits per heavy atom. The van der Waals surface area contributed by atoms with Gasteiger partial charge in [-0.1, -0.05) is 12.8 Å². The first-order valence-electron chi connectivity index (χ1n) is 9.35. The molecule has 27 heavy (non-hydrogen) atoms. The number of rotatable bonds is 6. The Morgan fingerprint density at radius 1 is 1.22 bits per heavy atom. The monoisotopic (exact) mass is 392 g/mol. The molecule has 0 aromatic carbocycles. The lowest BCUT2D eigenvalue weighted by Crippen LogP contribution is -2.34. The molecule has 0 unspecified atom stereocenters. The number of carbonyl (C=O) groups excluding carboxylic acids is 4. The Morgan fingerprint density at radius 3 is 2.44 bits per heavy atom. The van der Waals surface area contributed by atoms with Gasteiger partial charge >= 0.3 is 5.97 Å². The fraction of sp³-hybridized carbons (Fsp3) is 0.579. The maximum absolute atomic E-state index is 12.4. The third-order valence-corrected chi connectivity index (χ3v) is 6.27. The molecule has 1 saturated heterocycles. The minimum Gasteiger partial charge on any atom is -0.462 e. The number of imide groups is 1. The van der Waals surface area contributed by atoms with Crippen LogP contribution in [-0.2, 0) is 19.1 Å². The van der Waals surface area contributed by atoms with Gasteiger partial charge in [0.15, 0.2) is 0 Å². The third kappa shape index (κ3) is 4.05. The van der Waals surface area contributed by atoms with E-state index < -0.39 is 5.97 Å². The largest absolute Gasteiger partial charge is 0.462 e. The summed E-state index contributed by atoms with van der Waals surface area (Å²) in [6.45, 7) is 3.91. The highest BCUT2D eigenvalue weighted by Crippen LogP contribution is 2.38. The molecule has 2 heterocycles. The number of anilines is 1. The number of esters is 1. The molecule has 7 nitrogen and oxygen atoms in total. The molecule has 0 bridgehead atoms. The van der Waals surface area contributed by atoms with Crippen LogP contribution in [0.2, 0.25) is 0 Å².